The molecule has 2 rings (SSSR count). The van der Waals surface area contributed by atoms with Gasteiger partial charge in [-0.1, -0.05) is 48.5 Å². The lowest BCUT2D eigenvalue weighted by molar-refractivity contribution is -0.144. The van der Waals surface area contributed by atoms with Gasteiger partial charge in [0.15, 0.2) is 0 Å². The average Bonchev–Trinajstić information content (AvgIpc) is 2.66. The van der Waals surface area contributed by atoms with Crippen molar-refractivity contribution in [3.05, 3.63) is 65.7 Å². The van der Waals surface area contributed by atoms with Crippen LogP contribution in [-0.4, -0.2) is 49.5 Å². The Kier molecular flexibility index (Phi) is 8.81. The Morgan fingerprint density at radius 1 is 1.00 bits per heavy atom. The molecular formula is C22H29NO4. The van der Waals surface area contributed by atoms with Crippen molar-refractivity contribution < 1.29 is 19.4 Å². The fourth-order valence-electron chi connectivity index (χ4n) is 2.78. The minimum absolute atomic E-state index is 0.0316. The Bertz CT molecular complexity index is 688. The van der Waals surface area contributed by atoms with Crippen LogP contribution >= 0.6 is 0 Å². The van der Waals surface area contributed by atoms with Gasteiger partial charge in [0.25, 0.3) is 0 Å². The standard InChI is InChI=1S/C22H29NO4/c1-23(2)21(17-22(24)25)27-16-8-15-26-20-12-7-6-11-19(20)14-13-18-9-4-3-5-10-18/h3-7,9-12,21H,8,13-17H2,1-2H3,(H,24,25). The summed E-state index contributed by atoms with van der Waals surface area (Å²) < 4.78 is 11.6. The van der Waals surface area contributed by atoms with Crippen molar-refractivity contribution in [2.45, 2.75) is 31.9 Å². The van der Waals surface area contributed by atoms with E-state index in [0.29, 0.717) is 19.6 Å². The van der Waals surface area contributed by atoms with E-state index in [1.165, 1.54) is 11.1 Å². The molecule has 0 amide bonds. The molecule has 1 unspecified atom stereocenters. The smallest absolute Gasteiger partial charge is 0.307 e. The van der Waals surface area contributed by atoms with Crippen LogP contribution in [0.3, 0.4) is 0 Å². The number of nitrogens with zero attached hydrogens (tertiary/aromatic N) is 1. The van der Waals surface area contributed by atoms with Gasteiger partial charge in [-0.25, -0.2) is 0 Å². The number of hydrogen-bond acceptors (Lipinski definition) is 4. The summed E-state index contributed by atoms with van der Waals surface area (Å²) in [6.45, 7) is 0.998. The van der Waals surface area contributed by atoms with Crippen LogP contribution in [0.5, 0.6) is 5.75 Å². The number of hydrogen-bond donors (Lipinski definition) is 1. The molecule has 0 aromatic heterocycles. The van der Waals surface area contributed by atoms with Crippen molar-refractivity contribution in [2.24, 2.45) is 0 Å². The van der Waals surface area contributed by atoms with Crippen molar-refractivity contribution in [3.63, 3.8) is 0 Å². The highest BCUT2D eigenvalue weighted by molar-refractivity contribution is 5.67. The number of carbonyl (C=O) groups is 1. The van der Waals surface area contributed by atoms with Gasteiger partial charge in [-0.2, -0.15) is 0 Å². The molecular weight excluding hydrogens is 342 g/mol. The summed E-state index contributed by atoms with van der Waals surface area (Å²) in [5.74, 6) is 0.0421. The van der Waals surface area contributed by atoms with E-state index in [0.717, 1.165) is 18.6 Å². The third-order valence-electron chi connectivity index (χ3n) is 4.28. The van der Waals surface area contributed by atoms with Gasteiger partial charge in [-0.05, 0) is 44.1 Å². The van der Waals surface area contributed by atoms with Gasteiger partial charge in [0.2, 0.25) is 0 Å². The highest BCUT2D eigenvalue weighted by Gasteiger charge is 2.15. The summed E-state index contributed by atoms with van der Waals surface area (Å²) >= 11 is 0. The third kappa shape index (κ3) is 7.81. The van der Waals surface area contributed by atoms with Gasteiger partial charge >= 0.3 is 5.97 Å². The van der Waals surface area contributed by atoms with Crippen LogP contribution in [0.2, 0.25) is 0 Å². The van der Waals surface area contributed by atoms with E-state index in [-0.39, 0.29) is 6.42 Å². The van der Waals surface area contributed by atoms with Gasteiger partial charge in [-0.15, -0.1) is 0 Å². The molecule has 0 saturated heterocycles. The molecule has 5 heteroatoms. The first kappa shape index (κ1) is 20.9. The summed E-state index contributed by atoms with van der Waals surface area (Å²) in [6.07, 6.45) is 2.16. The number of carboxylic acid groups (broad SMARTS) is 1. The lowest BCUT2D eigenvalue weighted by atomic mass is 10.0. The second-order valence-electron chi connectivity index (χ2n) is 6.68. The molecule has 2 aromatic rings. The predicted octanol–water partition coefficient (Wildman–Crippen LogP) is 3.62. The second-order valence-corrected chi connectivity index (χ2v) is 6.68. The molecule has 1 N–H and O–H groups in total. The van der Waals surface area contributed by atoms with E-state index in [9.17, 15) is 4.79 Å². The number of carboxylic acids is 1. The minimum Gasteiger partial charge on any atom is -0.493 e. The van der Waals surface area contributed by atoms with Crippen LogP contribution in [-0.2, 0) is 22.4 Å². The SMILES string of the molecule is CN(C)C(CC(=O)O)OCCCOc1ccccc1CCc1ccccc1. The largest absolute Gasteiger partial charge is 0.493 e. The molecule has 0 spiro atoms. The molecule has 0 aliphatic rings. The molecule has 0 bridgehead atoms. The molecule has 0 heterocycles. The Balaban J connectivity index is 1.76. The summed E-state index contributed by atoms with van der Waals surface area (Å²) in [5, 5.41) is 8.92. The minimum atomic E-state index is -0.864. The number of benzene rings is 2. The van der Waals surface area contributed by atoms with Crippen LogP contribution in [0, 0.1) is 0 Å². The first-order valence-electron chi connectivity index (χ1n) is 9.30. The summed E-state index contributed by atoms with van der Waals surface area (Å²) in [7, 11) is 3.63. The van der Waals surface area contributed by atoms with E-state index < -0.39 is 12.2 Å². The molecule has 0 radical (unpaired) electrons. The van der Waals surface area contributed by atoms with Crippen molar-refractivity contribution in [3.8, 4) is 5.75 Å². The maximum Gasteiger partial charge on any atom is 0.307 e. The van der Waals surface area contributed by atoms with Crippen LogP contribution in [0.1, 0.15) is 24.0 Å². The average molecular weight is 371 g/mol. The lowest BCUT2D eigenvalue weighted by Crippen LogP contribution is -2.33. The third-order valence-corrected chi connectivity index (χ3v) is 4.28. The Morgan fingerprint density at radius 2 is 1.70 bits per heavy atom. The van der Waals surface area contributed by atoms with Gasteiger partial charge in [0, 0.05) is 6.42 Å². The highest BCUT2D eigenvalue weighted by atomic mass is 16.5. The van der Waals surface area contributed by atoms with Crippen molar-refractivity contribution in [1.29, 1.82) is 0 Å². The van der Waals surface area contributed by atoms with Crippen LogP contribution in [0.4, 0.5) is 0 Å². The fraction of sp³-hybridized carbons (Fsp3) is 0.409. The van der Waals surface area contributed by atoms with Gasteiger partial charge < -0.3 is 14.6 Å². The highest BCUT2D eigenvalue weighted by Crippen LogP contribution is 2.20. The first-order chi connectivity index (χ1) is 13.1. The Labute approximate surface area is 161 Å². The zero-order chi connectivity index (χ0) is 19.5. The lowest BCUT2D eigenvalue weighted by Gasteiger charge is -2.23. The van der Waals surface area contributed by atoms with E-state index in [1.807, 2.05) is 38.4 Å². The number of ether oxygens (including phenoxy) is 2. The molecule has 0 fully saturated rings. The Morgan fingerprint density at radius 3 is 2.41 bits per heavy atom. The summed E-state index contributed by atoms with van der Waals surface area (Å²) in [5.41, 5.74) is 2.51. The molecule has 0 aliphatic carbocycles. The van der Waals surface area contributed by atoms with Crippen LogP contribution in [0.25, 0.3) is 0 Å². The number of aliphatic carboxylic acids is 1. The van der Waals surface area contributed by atoms with Crippen molar-refractivity contribution in [2.75, 3.05) is 27.3 Å². The van der Waals surface area contributed by atoms with Gasteiger partial charge in [0.1, 0.15) is 12.0 Å². The van der Waals surface area contributed by atoms with Crippen molar-refractivity contribution >= 4 is 5.97 Å². The zero-order valence-electron chi connectivity index (χ0n) is 16.1. The second kappa shape index (κ2) is 11.4. The fourth-order valence-corrected chi connectivity index (χ4v) is 2.78. The number of rotatable bonds is 12. The van der Waals surface area contributed by atoms with Crippen LogP contribution in [0.15, 0.2) is 54.6 Å². The maximum absolute atomic E-state index is 10.9. The first-order valence-corrected chi connectivity index (χ1v) is 9.30. The topological polar surface area (TPSA) is 59.0 Å². The van der Waals surface area contributed by atoms with E-state index >= 15 is 0 Å². The molecule has 1 atom stereocenters. The molecule has 5 nitrogen and oxygen atoms in total. The van der Waals surface area contributed by atoms with E-state index in [1.54, 1.807) is 4.90 Å². The zero-order valence-corrected chi connectivity index (χ0v) is 16.1. The predicted molar refractivity (Wildman–Crippen MR) is 106 cm³/mol. The summed E-state index contributed by atoms with van der Waals surface area (Å²) in [4.78, 5) is 12.6. The summed E-state index contributed by atoms with van der Waals surface area (Å²) in [6, 6.07) is 18.5. The molecule has 27 heavy (non-hydrogen) atoms. The van der Waals surface area contributed by atoms with Gasteiger partial charge in [0.05, 0.1) is 19.6 Å². The maximum atomic E-state index is 10.9. The monoisotopic (exact) mass is 371 g/mol. The molecule has 2 aromatic carbocycles. The van der Waals surface area contributed by atoms with Gasteiger partial charge in [-0.3, -0.25) is 9.69 Å². The van der Waals surface area contributed by atoms with Crippen molar-refractivity contribution in [1.82, 2.24) is 4.90 Å². The molecule has 146 valence electrons. The Hall–Kier alpha value is -2.37. The van der Waals surface area contributed by atoms with E-state index in [4.69, 9.17) is 14.6 Å². The van der Waals surface area contributed by atoms with E-state index in [2.05, 4.69) is 30.3 Å². The van der Waals surface area contributed by atoms with Crippen LogP contribution < -0.4 is 4.74 Å². The number of para-hydroxylation sites is 1. The molecule has 0 aliphatic heterocycles. The molecule has 0 saturated carbocycles. The number of aryl methyl sites for hydroxylation is 2. The quantitative estimate of drug-likeness (QED) is 0.456. The normalized spacial score (nSPS) is 12.1.